The van der Waals surface area contributed by atoms with Crippen molar-refractivity contribution in [3.8, 4) is 28.7 Å². The molecule has 3 rings (SSSR count). The van der Waals surface area contributed by atoms with Crippen molar-refractivity contribution in [2.24, 2.45) is 0 Å². The summed E-state index contributed by atoms with van der Waals surface area (Å²) in [6, 6.07) is 14.9. The fraction of sp³-hybridized carbons (Fsp3) is 0.346. The predicted molar refractivity (Wildman–Crippen MR) is 126 cm³/mol. The zero-order chi connectivity index (χ0) is 23.6. The van der Waals surface area contributed by atoms with Crippen LogP contribution in [0.25, 0.3) is 11.1 Å². The Bertz CT molecular complexity index is 1050. The summed E-state index contributed by atoms with van der Waals surface area (Å²) in [4.78, 5) is 4.13. The molecule has 0 bridgehead atoms. The number of benzene rings is 2. The van der Waals surface area contributed by atoms with Gasteiger partial charge in [-0.05, 0) is 55.2 Å². The molecule has 0 saturated carbocycles. The van der Waals surface area contributed by atoms with E-state index in [1.54, 1.807) is 23.9 Å². The first-order chi connectivity index (χ1) is 16.0. The van der Waals surface area contributed by atoms with Crippen LogP contribution in [0.2, 0.25) is 0 Å². The number of aliphatic hydroxyl groups is 4. The van der Waals surface area contributed by atoms with Gasteiger partial charge in [-0.1, -0.05) is 36.1 Å². The molecule has 1 aromatic heterocycles. The first-order valence-electron chi connectivity index (χ1n) is 11.0. The zero-order valence-corrected chi connectivity index (χ0v) is 18.6. The van der Waals surface area contributed by atoms with Gasteiger partial charge in [0.05, 0.1) is 12.7 Å². The molecule has 0 saturated heterocycles. The van der Waals surface area contributed by atoms with Crippen molar-refractivity contribution in [1.29, 1.82) is 0 Å². The van der Waals surface area contributed by atoms with Gasteiger partial charge in [0.15, 0.2) is 0 Å². The lowest BCUT2D eigenvalue weighted by molar-refractivity contribution is 0.0925. The van der Waals surface area contributed by atoms with Crippen LogP contribution in [-0.4, -0.2) is 55.9 Å². The van der Waals surface area contributed by atoms with Crippen LogP contribution in [0.5, 0.6) is 5.75 Å². The number of aliphatic hydroxyl groups excluding tert-OH is 4. The summed E-state index contributed by atoms with van der Waals surface area (Å²) in [5.74, 6) is 7.27. The Kier molecular flexibility index (Phi) is 9.04. The van der Waals surface area contributed by atoms with Gasteiger partial charge in [-0.25, -0.2) is 4.98 Å². The molecule has 0 aliphatic rings. The topological polar surface area (TPSA) is 108 Å². The Balaban J connectivity index is 1.63. The lowest BCUT2D eigenvalue weighted by Crippen LogP contribution is -2.17. The summed E-state index contributed by atoms with van der Waals surface area (Å²) in [5.41, 5.74) is 2.86. The third-order valence-electron chi connectivity index (χ3n) is 5.17. The minimum atomic E-state index is -0.747. The van der Waals surface area contributed by atoms with E-state index in [-0.39, 0.29) is 19.8 Å². The van der Waals surface area contributed by atoms with Crippen LogP contribution in [0, 0.1) is 11.8 Å². The molecule has 0 radical (unpaired) electrons. The molecule has 0 fully saturated rings. The van der Waals surface area contributed by atoms with Gasteiger partial charge in [0.2, 0.25) is 0 Å². The van der Waals surface area contributed by atoms with E-state index in [9.17, 15) is 15.3 Å². The molecular weight excluding hydrogens is 420 g/mol. The summed E-state index contributed by atoms with van der Waals surface area (Å²) < 4.78 is 7.28. The van der Waals surface area contributed by atoms with Crippen LogP contribution in [-0.2, 0) is 0 Å². The Morgan fingerprint density at radius 2 is 1.67 bits per heavy atom. The highest BCUT2D eigenvalue weighted by atomic mass is 16.5. The van der Waals surface area contributed by atoms with E-state index in [4.69, 9.17) is 9.84 Å². The summed E-state index contributed by atoms with van der Waals surface area (Å²) in [6.45, 7) is 1.70. The van der Waals surface area contributed by atoms with E-state index in [1.165, 1.54) is 0 Å². The summed E-state index contributed by atoms with van der Waals surface area (Å²) in [7, 11) is 0. The van der Waals surface area contributed by atoms with Gasteiger partial charge in [0, 0.05) is 24.6 Å². The van der Waals surface area contributed by atoms with E-state index >= 15 is 0 Å². The lowest BCUT2D eigenvalue weighted by atomic mass is 10.0. The number of aromatic nitrogens is 2. The van der Waals surface area contributed by atoms with Crippen LogP contribution in [0.3, 0.4) is 0 Å². The van der Waals surface area contributed by atoms with Crippen molar-refractivity contribution in [1.82, 2.24) is 9.55 Å². The summed E-state index contributed by atoms with van der Waals surface area (Å²) in [6.07, 6.45) is 3.00. The Hall–Kier alpha value is -3.15. The van der Waals surface area contributed by atoms with E-state index in [1.807, 2.05) is 48.5 Å². The second-order valence-corrected chi connectivity index (χ2v) is 7.77. The quantitative estimate of drug-likeness (QED) is 0.354. The second kappa shape index (κ2) is 12.2. The smallest absolute Gasteiger partial charge is 0.138 e. The SMILES string of the molecule is C[C@H](O)c1nccn1C(C#Cc1ccc(-c2ccc(OCC(O)CCCO)cc2)cc1)CO. The minimum absolute atomic E-state index is 0.0622. The van der Waals surface area contributed by atoms with Gasteiger partial charge < -0.3 is 29.7 Å². The number of rotatable bonds is 10. The Morgan fingerprint density at radius 1 is 1.00 bits per heavy atom. The van der Waals surface area contributed by atoms with E-state index in [2.05, 4.69) is 16.8 Å². The Morgan fingerprint density at radius 3 is 2.27 bits per heavy atom. The number of ether oxygens (including phenoxy) is 1. The predicted octanol–water partition coefficient (Wildman–Crippen LogP) is 2.70. The van der Waals surface area contributed by atoms with Crippen LogP contribution < -0.4 is 4.74 Å². The van der Waals surface area contributed by atoms with Crippen molar-refractivity contribution in [2.45, 2.75) is 38.0 Å². The van der Waals surface area contributed by atoms with Gasteiger partial charge in [-0.2, -0.15) is 0 Å². The van der Waals surface area contributed by atoms with E-state index < -0.39 is 18.2 Å². The molecule has 174 valence electrons. The molecule has 33 heavy (non-hydrogen) atoms. The molecule has 0 amide bonds. The average Bonchev–Trinajstić information content (AvgIpc) is 3.33. The molecule has 3 atom stereocenters. The van der Waals surface area contributed by atoms with Crippen molar-refractivity contribution in [3.05, 3.63) is 72.3 Å². The van der Waals surface area contributed by atoms with E-state index in [0.29, 0.717) is 24.4 Å². The maximum Gasteiger partial charge on any atom is 0.138 e. The van der Waals surface area contributed by atoms with Gasteiger partial charge in [-0.3, -0.25) is 0 Å². The lowest BCUT2D eigenvalue weighted by Gasteiger charge is -2.14. The molecule has 1 heterocycles. The second-order valence-electron chi connectivity index (χ2n) is 7.77. The van der Waals surface area contributed by atoms with Crippen LogP contribution in [0.4, 0.5) is 0 Å². The van der Waals surface area contributed by atoms with E-state index in [0.717, 1.165) is 16.7 Å². The molecule has 3 aromatic rings. The first-order valence-corrected chi connectivity index (χ1v) is 11.0. The molecule has 7 heteroatoms. The average molecular weight is 451 g/mol. The molecule has 4 N–H and O–H groups in total. The minimum Gasteiger partial charge on any atom is -0.491 e. The van der Waals surface area contributed by atoms with Crippen LogP contribution in [0.15, 0.2) is 60.9 Å². The molecule has 2 aromatic carbocycles. The highest BCUT2D eigenvalue weighted by Gasteiger charge is 2.14. The molecule has 0 spiro atoms. The fourth-order valence-corrected chi connectivity index (χ4v) is 3.37. The number of hydrogen-bond donors (Lipinski definition) is 4. The highest BCUT2D eigenvalue weighted by Crippen LogP contribution is 2.23. The molecule has 0 aliphatic heterocycles. The van der Waals surface area contributed by atoms with Gasteiger partial charge in [-0.15, -0.1) is 0 Å². The number of imidazole rings is 1. The Labute approximate surface area is 193 Å². The van der Waals surface area contributed by atoms with Crippen LogP contribution in [0.1, 0.15) is 43.3 Å². The molecular formula is C26H30N2O5. The van der Waals surface area contributed by atoms with Gasteiger partial charge >= 0.3 is 0 Å². The van der Waals surface area contributed by atoms with Crippen molar-refractivity contribution < 1.29 is 25.2 Å². The highest BCUT2D eigenvalue weighted by molar-refractivity contribution is 5.65. The maximum atomic E-state index is 9.82. The normalized spacial score (nSPS) is 13.6. The molecule has 0 aliphatic carbocycles. The van der Waals surface area contributed by atoms with Crippen molar-refractivity contribution in [2.75, 3.05) is 19.8 Å². The third-order valence-corrected chi connectivity index (χ3v) is 5.17. The van der Waals surface area contributed by atoms with Gasteiger partial charge in [0.25, 0.3) is 0 Å². The summed E-state index contributed by atoms with van der Waals surface area (Å²) in [5, 5.41) is 38.2. The number of hydrogen-bond acceptors (Lipinski definition) is 6. The standard InChI is InChI=1S/C26H30N2O5/c1-19(31)26-27-14-15-28(26)23(17-30)11-6-20-4-7-21(8-5-20)22-9-12-25(13-10-22)33-18-24(32)3-2-16-29/h4-5,7-10,12-15,19,23-24,29-32H,2-3,16-18H2,1H3/t19-,23?,24?/m0/s1. The number of nitrogens with zero attached hydrogens (tertiary/aromatic N) is 2. The monoisotopic (exact) mass is 450 g/mol. The molecule has 7 nitrogen and oxygen atoms in total. The van der Waals surface area contributed by atoms with Crippen molar-refractivity contribution in [3.63, 3.8) is 0 Å². The zero-order valence-electron chi connectivity index (χ0n) is 18.6. The fourth-order valence-electron chi connectivity index (χ4n) is 3.37. The van der Waals surface area contributed by atoms with Gasteiger partial charge in [0.1, 0.15) is 30.3 Å². The third kappa shape index (κ3) is 6.91. The summed E-state index contributed by atoms with van der Waals surface area (Å²) >= 11 is 0. The van der Waals surface area contributed by atoms with Crippen LogP contribution >= 0.6 is 0 Å². The van der Waals surface area contributed by atoms with Crippen molar-refractivity contribution >= 4 is 0 Å². The first kappa shape index (κ1) is 24.5. The maximum absolute atomic E-state index is 9.82. The largest absolute Gasteiger partial charge is 0.491 e. The molecule has 2 unspecified atom stereocenters.